The van der Waals surface area contributed by atoms with Crippen LogP contribution in [0.5, 0.6) is 0 Å². The fourth-order valence-corrected chi connectivity index (χ4v) is 2.97. The quantitative estimate of drug-likeness (QED) is 0.884. The first-order chi connectivity index (χ1) is 9.60. The summed E-state index contributed by atoms with van der Waals surface area (Å²) in [5, 5.41) is 3.65. The Hall–Kier alpha value is -0.930. The molecule has 2 rings (SSSR count). The summed E-state index contributed by atoms with van der Waals surface area (Å²) in [5.41, 5.74) is 1.76. The van der Waals surface area contributed by atoms with Crippen LogP contribution < -0.4 is 5.32 Å². The molecular formula is C17H27FN2. The van der Waals surface area contributed by atoms with Crippen molar-refractivity contribution in [1.29, 1.82) is 0 Å². The number of rotatable bonds is 5. The van der Waals surface area contributed by atoms with Crippen LogP contribution in [-0.2, 0) is 0 Å². The van der Waals surface area contributed by atoms with E-state index >= 15 is 0 Å². The summed E-state index contributed by atoms with van der Waals surface area (Å²) >= 11 is 0. The highest BCUT2D eigenvalue weighted by Crippen LogP contribution is 2.19. The van der Waals surface area contributed by atoms with Gasteiger partial charge in [-0.05, 0) is 69.9 Å². The first kappa shape index (κ1) is 15.5. The highest BCUT2D eigenvalue weighted by Gasteiger charge is 2.20. The van der Waals surface area contributed by atoms with Gasteiger partial charge >= 0.3 is 0 Å². The molecule has 1 aliphatic heterocycles. The lowest BCUT2D eigenvalue weighted by Gasteiger charge is -2.33. The average Bonchev–Trinajstić information content (AvgIpc) is 2.44. The molecule has 1 unspecified atom stereocenters. The van der Waals surface area contributed by atoms with E-state index in [4.69, 9.17) is 0 Å². The molecule has 3 heteroatoms. The van der Waals surface area contributed by atoms with E-state index in [1.807, 2.05) is 12.1 Å². The maximum absolute atomic E-state index is 13.6. The fourth-order valence-electron chi connectivity index (χ4n) is 2.97. The number of aryl methyl sites for hydroxylation is 1. The lowest BCUT2D eigenvalue weighted by Crippen LogP contribution is -2.43. The zero-order valence-corrected chi connectivity index (χ0v) is 13.0. The smallest absolute Gasteiger partial charge is 0.126 e. The Morgan fingerprint density at radius 3 is 2.65 bits per heavy atom. The van der Waals surface area contributed by atoms with E-state index in [2.05, 4.69) is 24.1 Å². The Kier molecular flexibility index (Phi) is 5.55. The van der Waals surface area contributed by atoms with Gasteiger partial charge in [0.1, 0.15) is 5.82 Å². The van der Waals surface area contributed by atoms with Crippen molar-refractivity contribution in [1.82, 2.24) is 10.2 Å². The molecule has 0 saturated carbocycles. The van der Waals surface area contributed by atoms with Gasteiger partial charge in [-0.1, -0.05) is 19.1 Å². The number of likely N-dealkylation sites (tertiary alicyclic amines) is 1. The van der Waals surface area contributed by atoms with Crippen LogP contribution in [-0.4, -0.2) is 30.6 Å². The third-order valence-corrected chi connectivity index (χ3v) is 4.31. The van der Waals surface area contributed by atoms with Crippen LogP contribution in [0.15, 0.2) is 18.2 Å². The minimum absolute atomic E-state index is 0.103. The van der Waals surface area contributed by atoms with Gasteiger partial charge in [-0.15, -0.1) is 0 Å². The van der Waals surface area contributed by atoms with Crippen molar-refractivity contribution in [3.63, 3.8) is 0 Å². The Morgan fingerprint density at radius 2 is 2.05 bits per heavy atom. The zero-order valence-electron chi connectivity index (χ0n) is 13.0. The van der Waals surface area contributed by atoms with Crippen LogP contribution in [0.4, 0.5) is 4.39 Å². The Morgan fingerprint density at radius 1 is 1.35 bits per heavy atom. The molecule has 0 bridgehead atoms. The summed E-state index contributed by atoms with van der Waals surface area (Å²) in [6, 6.07) is 6.34. The molecule has 1 heterocycles. The molecule has 0 amide bonds. The number of halogens is 1. The van der Waals surface area contributed by atoms with Crippen LogP contribution in [0.1, 0.15) is 50.3 Å². The molecule has 1 aromatic rings. The molecule has 1 aromatic carbocycles. The number of piperidine rings is 1. The maximum Gasteiger partial charge on any atom is 0.126 e. The third-order valence-electron chi connectivity index (χ3n) is 4.31. The Labute approximate surface area is 122 Å². The number of benzene rings is 1. The van der Waals surface area contributed by atoms with E-state index in [-0.39, 0.29) is 11.9 Å². The lowest BCUT2D eigenvalue weighted by molar-refractivity contribution is 0.192. The van der Waals surface area contributed by atoms with Crippen molar-refractivity contribution < 1.29 is 4.39 Å². The summed E-state index contributed by atoms with van der Waals surface area (Å²) < 4.78 is 13.6. The van der Waals surface area contributed by atoms with Gasteiger partial charge < -0.3 is 10.2 Å². The maximum atomic E-state index is 13.6. The van der Waals surface area contributed by atoms with Crippen LogP contribution in [0.3, 0.4) is 0 Å². The highest BCUT2D eigenvalue weighted by atomic mass is 19.1. The van der Waals surface area contributed by atoms with Gasteiger partial charge in [0.05, 0.1) is 0 Å². The number of nitrogens with one attached hydrogen (secondary N) is 1. The van der Waals surface area contributed by atoms with E-state index in [9.17, 15) is 4.39 Å². The van der Waals surface area contributed by atoms with E-state index in [0.717, 1.165) is 5.56 Å². The van der Waals surface area contributed by atoms with Gasteiger partial charge in [0.15, 0.2) is 0 Å². The zero-order chi connectivity index (χ0) is 14.5. The van der Waals surface area contributed by atoms with E-state index in [0.29, 0.717) is 11.6 Å². The van der Waals surface area contributed by atoms with Crippen LogP contribution in [0.2, 0.25) is 0 Å². The molecule has 1 aliphatic rings. The molecule has 1 saturated heterocycles. The highest BCUT2D eigenvalue weighted by molar-refractivity contribution is 5.25. The van der Waals surface area contributed by atoms with Crippen molar-refractivity contribution in [2.45, 2.75) is 52.1 Å². The number of hydrogen-bond acceptors (Lipinski definition) is 2. The molecule has 0 aromatic heterocycles. The summed E-state index contributed by atoms with van der Waals surface area (Å²) in [6.45, 7) is 9.74. The molecule has 0 radical (unpaired) electrons. The fraction of sp³-hybridized carbons (Fsp3) is 0.647. The van der Waals surface area contributed by atoms with Gasteiger partial charge in [-0.2, -0.15) is 0 Å². The van der Waals surface area contributed by atoms with Crippen LogP contribution >= 0.6 is 0 Å². The van der Waals surface area contributed by atoms with E-state index in [1.54, 1.807) is 13.0 Å². The molecular weight excluding hydrogens is 251 g/mol. The number of hydrogen-bond donors (Lipinski definition) is 1. The topological polar surface area (TPSA) is 15.3 Å². The van der Waals surface area contributed by atoms with E-state index in [1.165, 1.54) is 38.9 Å². The molecule has 0 aliphatic carbocycles. The minimum atomic E-state index is -0.103. The number of nitrogens with zero attached hydrogens (tertiary/aromatic N) is 1. The van der Waals surface area contributed by atoms with Gasteiger partial charge in [0, 0.05) is 12.1 Å². The first-order valence-corrected chi connectivity index (χ1v) is 7.84. The predicted molar refractivity (Wildman–Crippen MR) is 82.4 cm³/mol. The minimum Gasteiger partial charge on any atom is -0.307 e. The van der Waals surface area contributed by atoms with Gasteiger partial charge in [-0.3, -0.25) is 0 Å². The second-order valence-electron chi connectivity index (χ2n) is 6.01. The molecule has 1 atom stereocenters. The molecule has 20 heavy (non-hydrogen) atoms. The van der Waals surface area contributed by atoms with Crippen LogP contribution in [0.25, 0.3) is 0 Å². The van der Waals surface area contributed by atoms with Crippen molar-refractivity contribution in [3.8, 4) is 0 Å². The van der Waals surface area contributed by atoms with Gasteiger partial charge in [0.2, 0.25) is 0 Å². The Bertz CT molecular complexity index is 425. The SMILES string of the molecule is CCCN1CCC(NC(C)c2ccc(C)c(F)c2)CC1. The second kappa shape index (κ2) is 7.19. The molecule has 2 nitrogen and oxygen atoms in total. The molecule has 0 spiro atoms. The molecule has 1 N–H and O–H groups in total. The molecule has 112 valence electrons. The van der Waals surface area contributed by atoms with E-state index < -0.39 is 0 Å². The van der Waals surface area contributed by atoms with Crippen molar-refractivity contribution in [2.75, 3.05) is 19.6 Å². The summed E-state index contributed by atoms with van der Waals surface area (Å²) in [4.78, 5) is 2.54. The van der Waals surface area contributed by atoms with Gasteiger partial charge in [-0.25, -0.2) is 4.39 Å². The van der Waals surface area contributed by atoms with Crippen LogP contribution in [0, 0.1) is 12.7 Å². The lowest BCUT2D eigenvalue weighted by atomic mass is 10.0. The molecule has 1 fully saturated rings. The first-order valence-electron chi connectivity index (χ1n) is 7.84. The standard InChI is InChI=1S/C17H27FN2/c1-4-9-20-10-7-16(8-11-20)19-14(3)15-6-5-13(2)17(18)12-15/h5-6,12,14,16,19H,4,7-11H2,1-3H3. The monoisotopic (exact) mass is 278 g/mol. The summed E-state index contributed by atoms with van der Waals surface area (Å²) in [6.07, 6.45) is 3.62. The van der Waals surface area contributed by atoms with Crippen molar-refractivity contribution >= 4 is 0 Å². The van der Waals surface area contributed by atoms with Crippen molar-refractivity contribution in [2.24, 2.45) is 0 Å². The normalized spacial score (nSPS) is 19.2. The summed E-state index contributed by atoms with van der Waals surface area (Å²) in [5.74, 6) is -0.103. The average molecular weight is 278 g/mol. The largest absolute Gasteiger partial charge is 0.307 e. The Balaban J connectivity index is 1.85. The second-order valence-corrected chi connectivity index (χ2v) is 6.01. The van der Waals surface area contributed by atoms with Gasteiger partial charge in [0.25, 0.3) is 0 Å². The third kappa shape index (κ3) is 4.03. The predicted octanol–water partition coefficient (Wildman–Crippen LogP) is 3.66. The summed E-state index contributed by atoms with van der Waals surface area (Å²) in [7, 11) is 0. The van der Waals surface area contributed by atoms with Crippen molar-refractivity contribution in [3.05, 3.63) is 35.1 Å².